The summed E-state index contributed by atoms with van der Waals surface area (Å²) >= 11 is 0. The van der Waals surface area contributed by atoms with Crippen LogP contribution in [0.25, 0.3) is 0 Å². The van der Waals surface area contributed by atoms with E-state index < -0.39 is 26.5 Å². The van der Waals surface area contributed by atoms with Crippen molar-refractivity contribution in [1.29, 1.82) is 0 Å². The highest BCUT2D eigenvalue weighted by Gasteiger charge is 2.23. The number of aliphatic hydroxyl groups is 1. The fourth-order valence-corrected chi connectivity index (χ4v) is 5.64. The molecule has 0 fully saturated rings. The lowest BCUT2D eigenvalue weighted by Crippen LogP contribution is -2.27. The molecule has 0 heterocycles. The van der Waals surface area contributed by atoms with Crippen LogP contribution in [0.3, 0.4) is 0 Å². The number of aliphatic hydroxyl groups excluding tert-OH is 1. The molecule has 10 heteroatoms. The predicted molar refractivity (Wildman–Crippen MR) is 197 cm³/mol. The molecule has 3 N–H and O–H groups in total. The minimum atomic E-state index is -4.41. The summed E-state index contributed by atoms with van der Waals surface area (Å²) in [5.41, 5.74) is 0. The highest BCUT2D eigenvalue weighted by Crippen LogP contribution is 2.42. The van der Waals surface area contributed by atoms with Gasteiger partial charge in [-0.1, -0.05) is 121 Å². The van der Waals surface area contributed by atoms with Gasteiger partial charge in [-0.15, -0.1) is 0 Å². The van der Waals surface area contributed by atoms with Gasteiger partial charge in [-0.2, -0.15) is 0 Å². The molecule has 0 aromatic carbocycles. The molecule has 0 aliphatic heterocycles. The van der Waals surface area contributed by atoms with Crippen molar-refractivity contribution in [2.75, 3.05) is 26.4 Å². The van der Waals surface area contributed by atoms with Crippen molar-refractivity contribution in [1.82, 2.24) is 5.32 Å². The highest BCUT2D eigenvalue weighted by molar-refractivity contribution is 7.47. The summed E-state index contributed by atoms with van der Waals surface area (Å²) in [6, 6.07) is 0. The molecule has 0 saturated heterocycles. The lowest BCUT2D eigenvalue weighted by atomic mass is 10.1. The molecule has 9 nitrogen and oxygen atoms in total. The Balaban J connectivity index is 3.64. The smallest absolute Gasteiger partial charge is 0.463 e. The van der Waals surface area contributed by atoms with Crippen LogP contribution in [0.15, 0.2) is 36.5 Å². The Bertz CT molecular complexity index is 892. The van der Waals surface area contributed by atoms with Gasteiger partial charge in [0, 0.05) is 19.4 Å². The first kappa shape index (κ1) is 46.2. The molecule has 2 unspecified atom stereocenters. The molecule has 0 spiro atoms. The number of phosphoric acid groups is 1. The van der Waals surface area contributed by atoms with E-state index in [-0.39, 0.29) is 32.1 Å². The van der Waals surface area contributed by atoms with E-state index in [9.17, 15) is 24.2 Å². The van der Waals surface area contributed by atoms with Crippen molar-refractivity contribution in [2.24, 2.45) is 0 Å². The average molecular weight is 700 g/mol. The van der Waals surface area contributed by atoms with Crippen LogP contribution < -0.4 is 5.32 Å². The molecule has 0 aliphatic rings. The maximum Gasteiger partial charge on any atom is 0.472 e. The largest absolute Gasteiger partial charge is 0.472 e. The monoisotopic (exact) mass is 699 g/mol. The van der Waals surface area contributed by atoms with Gasteiger partial charge in [0.05, 0.1) is 13.2 Å². The molecule has 0 aliphatic carbocycles. The van der Waals surface area contributed by atoms with Crippen molar-refractivity contribution in [3.8, 4) is 0 Å². The zero-order chi connectivity index (χ0) is 35.4. The number of hydrogen-bond acceptors (Lipinski definition) is 7. The van der Waals surface area contributed by atoms with Gasteiger partial charge in [-0.3, -0.25) is 18.6 Å². The number of nitrogens with one attached hydrogen (secondary N) is 1. The summed E-state index contributed by atoms with van der Waals surface area (Å²) in [5.74, 6) is -0.538. The zero-order valence-electron chi connectivity index (χ0n) is 30.4. The molecular weight excluding hydrogens is 629 g/mol. The molecule has 0 aromatic heterocycles. The highest BCUT2D eigenvalue weighted by atomic mass is 31.2. The summed E-state index contributed by atoms with van der Waals surface area (Å²) in [6.45, 7) is 3.43. The van der Waals surface area contributed by atoms with Crippen LogP contribution in [0.1, 0.15) is 162 Å². The van der Waals surface area contributed by atoms with Gasteiger partial charge >= 0.3 is 13.8 Å². The molecule has 0 saturated carbocycles. The Morgan fingerprint density at radius 3 is 1.77 bits per heavy atom. The van der Waals surface area contributed by atoms with E-state index in [1.165, 1.54) is 57.8 Å². The van der Waals surface area contributed by atoms with Gasteiger partial charge in [-0.05, 0) is 64.2 Å². The molecule has 0 rings (SSSR count). The summed E-state index contributed by atoms with van der Waals surface area (Å²) < 4.78 is 26.7. The first-order valence-electron chi connectivity index (χ1n) is 19.0. The molecule has 0 bridgehead atoms. The Hall–Kier alpha value is -1.77. The van der Waals surface area contributed by atoms with Crippen LogP contribution >= 0.6 is 7.82 Å². The molecule has 0 aromatic rings. The number of carbonyl (C=O) groups excluding carboxylic acids is 2. The molecule has 0 radical (unpaired) electrons. The second kappa shape index (κ2) is 35.1. The van der Waals surface area contributed by atoms with Gasteiger partial charge in [0.15, 0.2) is 0 Å². The van der Waals surface area contributed by atoms with Gasteiger partial charge in [0.25, 0.3) is 0 Å². The van der Waals surface area contributed by atoms with E-state index in [0.29, 0.717) is 6.42 Å². The normalized spacial score (nSPS) is 13.8. The van der Waals surface area contributed by atoms with Crippen LogP contribution in [-0.4, -0.2) is 54.3 Å². The van der Waals surface area contributed by atoms with Gasteiger partial charge in [0.1, 0.15) is 12.7 Å². The van der Waals surface area contributed by atoms with E-state index in [2.05, 4.69) is 55.6 Å². The fourth-order valence-electron chi connectivity index (χ4n) is 4.88. The fraction of sp³-hybridized carbons (Fsp3) is 0.789. The number of hydrogen-bond donors (Lipinski definition) is 3. The van der Waals surface area contributed by atoms with Crippen LogP contribution in [-0.2, 0) is 27.9 Å². The van der Waals surface area contributed by atoms with Crippen molar-refractivity contribution >= 4 is 19.7 Å². The van der Waals surface area contributed by atoms with E-state index >= 15 is 0 Å². The number of ether oxygens (including phenoxy) is 1. The predicted octanol–water partition coefficient (Wildman–Crippen LogP) is 9.82. The Morgan fingerprint density at radius 1 is 0.646 bits per heavy atom. The van der Waals surface area contributed by atoms with E-state index in [0.717, 1.165) is 77.0 Å². The maximum absolute atomic E-state index is 12.0. The van der Waals surface area contributed by atoms with Crippen molar-refractivity contribution in [3.63, 3.8) is 0 Å². The molecule has 48 heavy (non-hydrogen) atoms. The average Bonchev–Trinajstić information content (AvgIpc) is 3.07. The summed E-state index contributed by atoms with van der Waals surface area (Å²) in [7, 11) is -4.41. The third-order valence-corrected chi connectivity index (χ3v) is 8.76. The first-order valence-corrected chi connectivity index (χ1v) is 20.5. The number of unbranched alkanes of at least 4 members (excludes halogenated alkanes) is 16. The first-order chi connectivity index (χ1) is 23.3. The zero-order valence-corrected chi connectivity index (χ0v) is 31.3. The minimum Gasteiger partial charge on any atom is -0.463 e. The van der Waals surface area contributed by atoms with E-state index in [1.807, 2.05) is 0 Å². The van der Waals surface area contributed by atoms with Crippen LogP contribution in [0.5, 0.6) is 0 Å². The summed E-state index contributed by atoms with van der Waals surface area (Å²) in [6.07, 6.45) is 36.5. The Labute approximate surface area is 293 Å². The van der Waals surface area contributed by atoms with E-state index in [1.54, 1.807) is 0 Å². The number of amides is 1. The van der Waals surface area contributed by atoms with Crippen LogP contribution in [0, 0.1) is 0 Å². The second-order valence-electron chi connectivity index (χ2n) is 12.5. The standard InChI is InChI=1S/C38H70NO8P/c1-3-5-7-9-11-13-15-16-17-18-19-20-21-23-25-27-29-31-38(42)45-34-36(40)35-47-48(43,44)46-33-32-39-37(41)30-28-26-24-22-14-12-10-8-6-4-2/h8,10-11,13,16-17,36,40H,3-7,9,12,14-15,18-35H2,1-2H3,(H,39,41)(H,43,44)/b10-8-,13-11-,17-16-. The van der Waals surface area contributed by atoms with Crippen molar-refractivity contribution < 1.29 is 37.9 Å². The second-order valence-corrected chi connectivity index (χ2v) is 14.0. The number of phosphoric ester groups is 1. The van der Waals surface area contributed by atoms with Crippen molar-refractivity contribution in [2.45, 2.75) is 168 Å². The SMILES string of the molecule is CCC/C=C\CCCCCCCC(=O)NCCOP(=O)(O)OCC(O)COC(=O)CCCCCCCCC/C=C\C/C=C\CCCCC. The van der Waals surface area contributed by atoms with Crippen molar-refractivity contribution in [3.05, 3.63) is 36.5 Å². The minimum absolute atomic E-state index is 0.0756. The van der Waals surface area contributed by atoms with Gasteiger partial charge < -0.3 is 20.1 Å². The topological polar surface area (TPSA) is 131 Å². The molecule has 2 atom stereocenters. The third kappa shape index (κ3) is 35.5. The number of rotatable bonds is 35. The van der Waals surface area contributed by atoms with Crippen LogP contribution in [0.2, 0.25) is 0 Å². The molecule has 280 valence electrons. The Morgan fingerprint density at radius 2 is 1.17 bits per heavy atom. The number of carbonyl (C=O) groups is 2. The third-order valence-electron chi connectivity index (χ3n) is 7.77. The summed E-state index contributed by atoms with van der Waals surface area (Å²) in [4.78, 5) is 33.7. The summed E-state index contributed by atoms with van der Waals surface area (Å²) in [5, 5.41) is 12.6. The maximum atomic E-state index is 12.0. The number of esters is 1. The quantitative estimate of drug-likeness (QED) is 0.0258. The lowest BCUT2D eigenvalue weighted by molar-refractivity contribution is -0.147. The molecular formula is C38H70NO8P. The van der Waals surface area contributed by atoms with E-state index in [4.69, 9.17) is 13.8 Å². The Kier molecular flexibility index (Phi) is 33.8. The molecule has 1 amide bonds. The van der Waals surface area contributed by atoms with Gasteiger partial charge in [-0.25, -0.2) is 4.57 Å². The van der Waals surface area contributed by atoms with Gasteiger partial charge in [0.2, 0.25) is 5.91 Å². The number of allylic oxidation sites excluding steroid dienone is 6. The van der Waals surface area contributed by atoms with Crippen LogP contribution in [0.4, 0.5) is 0 Å². The lowest BCUT2D eigenvalue weighted by Gasteiger charge is -2.15.